The number of fused-ring (bicyclic) bond motifs is 15. The van der Waals surface area contributed by atoms with Gasteiger partial charge in [-0.2, -0.15) is 0 Å². The largest absolute Gasteiger partial charge is 0.455 e. The average molecular weight is 936 g/mol. The zero-order valence-corrected chi connectivity index (χ0v) is 39.2. The maximum Gasteiger partial charge on any atom is 0.166 e. The molecule has 0 unspecified atom stereocenters. The van der Waals surface area contributed by atoms with E-state index in [9.17, 15) is 0 Å². The summed E-state index contributed by atoms with van der Waals surface area (Å²) in [5.41, 5.74) is 10.8. The second-order valence-electron chi connectivity index (χ2n) is 18.6. The van der Waals surface area contributed by atoms with Crippen molar-refractivity contribution in [2.75, 3.05) is 0 Å². The van der Waals surface area contributed by atoms with Crippen LogP contribution in [0.1, 0.15) is 0 Å². The molecule has 0 atom stereocenters. The second-order valence-corrected chi connectivity index (χ2v) is 19.7. The molecule has 6 nitrogen and oxygen atoms in total. The maximum atomic E-state index is 7.02. The lowest BCUT2D eigenvalue weighted by molar-refractivity contribution is 0.672. The van der Waals surface area contributed by atoms with Crippen molar-refractivity contribution in [1.82, 2.24) is 24.1 Å². The number of aromatic nitrogens is 5. The van der Waals surface area contributed by atoms with Gasteiger partial charge in [0.1, 0.15) is 11.2 Å². The van der Waals surface area contributed by atoms with Gasteiger partial charge >= 0.3 is 0 Å². The van der Waals surface area contributed by atoms with Crippen molar-refractivity contribution in [1.29, 1.82) is 0 Å². The first kappa shape index (κ1) is 39.4. The molecule has 7 heteroatoms. The van der Waals surface area contributed by atoms with E-state index in [2.05, 4.69) is 234 Å². The number of benzene rings is 11. The fourth-order valence-electron chi connectivity index (χ4n) is 11.6. The van der Waals surface area contributed by atoms with Gasteiger partial charge in [0, 0.05) is 74.9 Å². The zero-order valence-electron chi connectivity index (χ0n) is 38.4. The molecule has 0 saturated carbocycles. The summed E-state index contributed by atoms with van der Waals surface area (Å²) in [6, 6.07) is 80.1. The standard InChI is InChI=1S/C65H37N5OS/c1-2-19-41(20-3-1)69-52-28-12-9-23-44(52)58-47(25-14-29-53(58)69)63-66-64(48-26-15-31-57-59(48)45-24-10-13-30-56(45)72-57)68-65(67-63)49-34-35-55-60(46-33-32-38-16-6-7-21-42(38)62(46)71-55)61(49)70-51-27-11-8-22-43(51)50-36-39-17-4-5-18-40(39)37-54(50)70/h1-37H. The van der Waals surface area contributed by atoms with Crippen molar-refractivity contribution < 1.29 is 4.42 Å². The van der Waals surface area contributed by atoms with Crippen LogP contribution in [-0.4, -0.2) is 24.1 Å². The van der Waals surface area contributed by atoms with Crippen molar-refractivity contribution in [3.63, 3.8) is 0 Å². The third-order valence-electron chi connectivity index (χ3n) is 14.7. The van der Waals surface area contributed by atoms with Crippen LogP contribution in [0.2, 0.25) is 0 Å². The van der Waals surface area contributed by atoms with E-state index < -0.39 is 0 Å². The number of hydrogen-bond acceptors (Lipinski definition) is 5. The number of rotatable bonds is 5. The van der Waals surface area contributed by atoms with Crippen LogP contribution < -0.4 is 0 Å². The Morgan fingerprint density at radius 1 is 0.333 bits per heavy atom. The lowest BCUT2D eigenvalue weighted by Gasteiger charge is -2.16. The molecular weight excluding hydrogens is 899 g/mol. The molecule has 0 aliphatic heterocycles. The van der Waals surface area contributed by atoms with Gasteiger partial charge < -0.3 is 13.6 Å². The summed E-state index contributed by atoms with van der Waals surface area (Å²) in [5, 5.41) is 13.4. The number of para-hydroxylation sites is 3. The smallest absolute Gasteiger partial charge is 0.166 e. The monoisotopic (exact) mass is 935 g/mol. The van der Waals surface area contributed by atoms with Gasteiger partial charge in [0.05, 0.1) is 33.1 Å². The first-order chi connectivity index (χ1) is 35.7. The zero-order chi connectivity index (χ0) is 47.0. The molecule has 72 heavy (non-hydrogen) atoms. The van der Waals surface area contributed by atoms with Crippen molar-refractivity contribution in [3.8, 4) is 45.5 Å². The lowest BCUT2D eigenvalue weighted by Crippen LogP contribution is -2.04. The van der Waals surface area contributed by atoms with Crippen LogP contribution in [0.5, 0.6) is 0 Å². The second kappa shape index (κ2) is 15.0. The van der Waals surface area contributed by atoms with Crippen LogP contribution in [0.15, 0.2) is 229 Å². The van der Waals surface area contributed by atoms with Gasteiger partial charge in [-0.05, 0) is 89.0 Å². The molecule has 334 valence electrons. The summed E-state index contributed by atoms with van der Waals surface area (Å²) in [6.07, 6.45) is 0. The van der Waals surface area contributed by atoms with Crippen LogP contribution >= 0.6 is 11.3 Å². The fourth-order valence-corrected chi connectivity index (χ4v) is 12.8. The SMILES string of the molecule is c1ccc(-n2c3ccccc3c3c(-c4nc(-c5ccc6oc7c8ccccc8ccc7c6c5-n5c6ccccc6c6cc7ccccc7cc65)nc(-c5cccc6sc7ccccc7c56)n4)cccc32)cc1. The van der Waals surface area contributed by atoms with Gasteiger partial charge in [0.25, 0.3) is 0 Å². The highest BCUT2D eigenvalue weighted by atomic mass is 32.1. The van der Waals surface area contributed by atoms with E-state index in [4.69, 9.17) is 19.4 Å². The highest BCUT2D eigenvalue weighted by molar-refractivity contribution is 7.25. The molecule has 0 amide bonds. The summed E-state index contributed by atoms with van der Waals surface area (Å²) < 4.78 is 14.2. The minimum Gasteiger partial charge on any atom is -0.455 e. The highest BCUT2D eigenvalue weighted by Crippen LogP contribution is 2.47. The topological polar surface area (TPSA) is 61.7 Å². The Kier molecular flexibility index (Phi) is 8.23. The number of hydrogen-bond donors (Lipinski definition) is 0. The molecule has 0 bridgehead atoms. The summed E-state index contributed by atoms with van der Waals surface area (Å²) in [5.74, 6) is 1.76. The van der Waals surface area contributed by atoms with Gasteiger partial charge in [0.2, 0.25) is 0 Å². The van der Waals surface area contributed by atoms with Crippen LogP contribution in [0, 0.1) is 0 Å². The molecule has 0 aliphatic carbocycles. The summed E-state index contributed by atoms with van der Waals surface area (Å²) >= 11 is 1.80. The van der Waals surface area contributed by atoms with E-state index in [1.807, 2.05) is 0 Å². The Balaban J connectivity index is 1.07. The molecule has 0 aliphatic rings. The predicted octanol–water partition coefficient (Wildman–Crippen LogP) is 17.6. The molecule has 16 rings (SSSR count). The van der Waals surface area contributed by atoms with Gasteiger partial charge in [0.15, 0.2) is 17.5 Å². The van der Waals surface area contributed by atoms with Gasteiger partial charge in [-0.3, -0.25) is 0 Å². The fraction of sp³-hybridized carbons (Fsp3) is 0. The molecule has 0 radical (unpaired) electrons. The van der Waals surface area contributed by atoms with Crippen LogP contribution in [0.4, 0.5) is 0 Å². The van der Waals surface area contributed by atoms with Gasteiger partial charge in [-0.1, -0.05) is 152 Å². The Bertz CT molecular complexity index is 4940. The molecule has 11 aromatic carbocycles. The van der Waals surface area contributed by atoms with Gasteiger partial charge in [-0.15, -0.1) is 11.3 Å². The quantitative estimate of drug-likeness (QED) is 0.172. The minimum absolute atomic E-state index is 0.564. The van der Waals surface area contributed by atoms with Crippen molar-refractivity contribution >= 4 is 119 Å². The summed E-state index contributed by atoms with van der Waals surface area (Å²) in [4.78, 5) is 16.9. The normalized spacial score (nSPS) is 12.2. The van der Waals surface area contributed by atoms with Gasteiger partial charge in [-0.25, -0.2) is 15.0 Å². The van der Waals surface area contributed by atoms with Crippen LogP contribution in [0.3, 0.4) is 0 Å². The van der Waals surface area contributed by atoms with E-state index in [1.54, 1.807) is 11.3 Å². The molecule has 0 fully saturated rings. The summed E-state index contributed by atoms with van der Waals surface area (Å²) in [7, 11) is 0. The third-order valence-corrected chi connectivity index (χ3v) is 15.9. The number of thiophene rings is 1. The Hall–Kier alpha value is -9.43. The van der Waals surface area contributed by atoms with E-state index >= 15 is 0 Å². The molecule has 5 heterocycles. The van der Waals surface area contributed by atoms with E-state index in [-0.39, 0.29) is 0 Å². The first-order valence-electron chi connectivity index (χ1n) is 24.3. The average Bonchev–Trinajstić information content (AvgIpc) is 4.20. The molecule has 5 aromatic heterocycles. The van der Waals surface area contributed by atoms with E-state index in [1.165, 1.54) is 25.6 Å². The van der Waals surface area contributed by atoms with E-state index in [0.717, 1.165) is 110 Å². The van der Waals surface area contributed by atoms with Crippen LogP contribution in [-0.2, 0) is 0 Å². The first-order valence-corrected chi connectivity index (χ1v) is 25.1. The Morgan fingerprint density at radius 3 is 1.74 bits per heavy atom. The number of furan rings is 1. The molecule has 0 N–H and O–H groups in total. The molecule has 0 saturated heterocycles. The molecule has 0 spiro atoms. The van der Waals surface area contributed by atoms with Crippen LogP contribution in [0.25, 0.3) is 153 Å². The predicted molar refractivity (Wildman–Crippen MR) is 300 cm³/mol. The molecule has 16 aromatic rings. The maximum absolute atomic E-state index is 7.02. The highest BCUT2D eigenvalue weighted by Gasteiger charge is 2.27. The van der Waals surface area contributed by atoms with Crippen molar-refractivity contribution in [3.05, 3.63) is 224 Å². The third kappa shape index (κ3) is 5.62. The molecular formula is C65H37N5OS. The summed E-state index contributed by atoms with van der Waals surface area (Å²) in [6.45, 7) is 0. The number of nitrogens with zero attached hydrogens (tertiary/aromatic N) is 5. The lowest BCUT2D eigenvalue weighted by atomic mass is 10.0. The van der Waals surface area contributed by atoms with Crippen molar-refractivity contribution in [2.24, 2.45) is 0 Å². The Morgan fingerprint density at radius 2 is 0.931 bits per heavy atom. The Labute approximate surface area is 414 Å². The van der Waals surface area contributed by atoms with Crippen molar-refractivity contribution in [2.45, 2.75) is 0 Å². The van der Waals surface area contributed by atoms with E-state index in [0.29, 0.717) is 17.5 Å². The minimum atomic E-state index is 0.564.